The number of aromatic amines is 1. The van der Waals surface area contributed by atoms with Crippen molar-refractivity contribution in [3.63, 3.8) is 0 Å². The molecule has 0 fully saturated rings. The molecule has 0 saturated carbocycles. The fraction of sp³-hybridized carbons (Fsp3) is 0.333. The molecule has 0 spiro atoms. The second kappa shape index (κ2) is 8.11. The Morgan fingerprint density at radius 1 is 1.44 bits per heavy atom. The number of hydrogen-bond acceptors (Lipinski definition) is 5. The van der Waals surface area contributed by atoms with Crippen LogP contribution in [0.2, 0.25) is 0 Å². The van der Waals surface area contributed by atoms with Crippen LogP contribution in [0.1, 0.15) is 35.7 Å². The van der Waals surface area contributed by atoms with Gasteiger partial charge in [-0.15, -0.1) is 0 Å². The van der Waals surface area contributed by atoms with Gasteiger partial charge in [-0.3, -0.25) is 9.59 Å². The van der Waals surface area contributed by atoms with Crippen molar-refractivity contribution in [1.29, 1.82) is 5.26 Å². The van der Waals surface area contributed by atoms with Gasteiger partial charge in [0.15, 0.2) is 0 Å². The topological polar surface area (TPSA) is 108 Å². The average molecular weight is 340 g/mol. The first-order valence-corrected chi connectivity index (χ1v) is 7.98. The van der Waals surface area contributed by atoms with E-state index in [2.05, 4.69) is 15.3 Å². The number of hydrogen-bond donors (Lipinski definition) is 2. The van der Waals surface area contributed by atoms with Crippen molar-refractivity contribution < 1.29 is 9.53 Å². The Morgan fingerprint density at radius 3 is 2.88 bits per heavy atom. The molecular weight excluding hydrogens is 320 g/mol. The number of nitriles is 1. The molecule has 0 aliphatic carbocycles. The van der Waals surface area contributed by atoms with E-state index < -0.39 is 5.56 Å². The molecule has 2 N–H and O–H groups in total. The first-order valence-electron chi connectivity index (χ1n) is 7.98. The first-order chi connectivity index (χ1) is 12.0. The number of aryl methyl sites for hydroxylation is 1. The SMILES string of the molecule is CCOc1ncccc1NC(=O)CCc1c(C)[nH]c(=O)c(C#N)c1C. The van der Waals surface area contributed by atoms with Crippen LogP contribution < -0.4 is 15.6 Å². The number of rotatable bonds is 6. The number of aromatic nitrogens is 2. The van der Waals surface area contributed by atoms with E-state index in [1.54, 1.807) is 32.2 Å². The number of nitrogens with one attached hydrogen (secondary N) is 2. The minimum atomic E-state index is -0.401. The molecule has 25 heavy (non-hydrogen) atoms. The van der Waals surface area contributed by atoms with Crippen LogP contribution in [0.5, 0.6) is 5.88 Å². The van der Waals surface area contributed by atoms with Crippen LogP contribution >= 0.6 is 0 Å². The molecule has 0 saturated heterocycles. The molecule has 0 bridgehead atoms. The van der Waals surface area contributed by atoms with Crippen LogP contribution in [0.4, 0.5) is 5.69 Å². The summed E-state index contributed by atoms with van der Waals surface area (Å²) in [6.07, 6.45) is 2.22. The van der Waals surface area contributed by atoms with Crippen LogP contribution in [0, 0.1) is 25.2 Å². The molecule has 0 aliphatic heterocycles. The highest BCUT2D eigenvalue weighted by molar-refractivity contribution is 5.92. The van der Waals surface area contributed by atoms with Gasteiger partial charge in [-0.2, -0.15) is 5.26 Å². The predicted octanol–water partition coefficient (Wildman–Crippen LogP) is 2.23. The maximum absolute atomic E-state index is 12.3. The van der Waals surface area contributed by atoms with Crippen LogP contribution in [0.15, 0.2) is 23.1 Å². The lowest BCUT2D eigenvalue weighted by atomic mass is 9.99. The lowest BCUT2D eigenvalue weighted by Gasteiger charge is -2.12. The van der Waals surface area contributed by atoms with E-state index in [0.29, 0.717) is 35.9 Å². The van der Waals surface area contributed by atoms with Crippen LogP contribution in [-0.2, 0) is 11.2 Å². The summed E-state index contributed by atoms with van der Waals surface area (Å²) < 4.78 is 5.38. The Labute approximate surface area is 145 Å². The van der Waals surface area contributed by atoms with E-state index in [1.165, 1.54) is 0 Å². The zero-order valence-electron chi connectivity index (χ0n) is 14.5. The Bertz CT molecular complexity index is 881. The standard InChI is InChI=1S/C18H20N4O3/c1-4-25-18-15(6-5-9-20-18)22-16(23)8-7-13-11(2)14(10-19)17(24)21-12(13)3/h5-6,9H,4,7-8H2,1-3H3,(H,21,24)(H,22,23). The smallest absolute Gasteiger partial charge is 0.266 e. The quantitative estimate of drug-likeness (QED) is 0.838. The van der Waals surface area contributed by atoms with Crippen LogP contribution in [0.3, 0.4) is 0 Å². The molecule has 0 aliphatic rings. The number of amides is 1. The Morgan fingerprint density at radius 2 is 2.20 bits per heavy atom. The number of carbonyl (C=O) groups excluding carboxylic acids is 1. The maximum atomic E-state index is 12.3. The van der Waals surface area contributed by atoms with Gasteiger partial charge in [0.2, 0.25) is 11.8 Å². The van der Waals surface area contributed by atoms with E-state index in [9.17, 15) is 9.59 Å². The highest BCUT2D eigenvalue weighted by Crippen LogP contribution is 2.21. The molecular formula is C18H20N4O3. The Balaban J connectivity index is 2.12. The fourth-order valence-electron chi connectivity index (χ4n) is 2.61. The number of pyridine rings is 2. The van der Waals surface area contributed by atoms with Crippen molar-refractivity contribution in [3.05, 3.63) is 51.1 Å². The van der Waals surface area contributed by atoms with Gasteiger partial charge in [0.05, 0.1) is 6.61 Å². The number of anilines is 1. The normalized spacial score (nSPS) is 10.2. The summed E-state index contributed by atoms with van der Waals surface area (Å²) in [4.78, 5) is 30.7. The van der Waals surface area contributed by atoms with E-state index >= 15 is 0 Å². The first kappa shape index (κ1) is 18.2. The lowest BCUT2D eigenvalue weighted by molar-refractivity contribution is -0.116. The summed E-state index contributed by atoms with van der Waals surface area (Å²) in [7, 11) is 0. The van der Waals surface area contributed by atoms with Crippen molar-refractivity contribution in [3.8, 4) is 11.9 Å². The van der Waals surface area contributed by atoms with Gasteiger partial charge in [-0.05, 0) is 50.5 Å². The molecule has 0 atom stereocenters. The summed E-state index contributed by atoms with van der Waals surface area (Å²) in [6.45, 7) is 5.78. The summed E-state index contributed by atoms with van der Waals surface area (Å²) >= 11 is 0. The van der Waals surface area contributed by atoms with Crippen molar-refractivity contribution in [2.24, 2.45) is 0 Å². The number of ether oxygens (including phenoxy) is 1. The minimum absolute atomic E-state index is 0.0897. The van der Waals surface area contributed by atoms with Gasteiger partial charge in [0.1, 0.15) is 17.3 Å². The molecule has 0 aromatic carbocycles. The second-order valence-corrected chi connectivity index (χ2v) is 5.51. The van der Waals surface area contributed by atoms with Gasteiger partial charge in [0.25, 0.3) is 5.56 Å². The zero-order chi connectivity index (χ0) is 18.4. The van der Waals surface area contributed by atoms with Gasteiger partial charge in [-0.1, -0.05) is 0 Å². The lowest BCUT2D eigenvalue weighted by Crippen LogP contribution is -2.18. The number of carbonyl (C=O) groups is 1. The summed E-state index contributed by atoms with van der Waals surface area (Å²) in [5.74, 6) is 0.180. The fourth-order valence-corrected chi connectivity index (χ4v) is 2.61. The minimum Gasteiger partial charge on any atom is -0.476 e. The molecule has 2 rings (SSSR count). The van der Waals surface area contributed by atoms with Gasteiger partial charge < -0.3 is 15.0 Å². The summed E-state index contributed by atoms with van der Waals surface area (Å²) in [6, 6.07) is 5.35. The van der Waals surface area contributed by atoms with Gasteiger partial charge in [0, 0.05) is 18.3 Å². The largest absolute Gasteiger partial charge is 0.476 e. The average Bonchev–Trinajstić information content (AvgIpc) is 2.56. The van der Waals surface area contributed by atoms with Crippen LogP contribution in [0.25, 0.3) is 0 Å². The molecule has 2 aromatic heterocycles. The third-order valence-corrected chi connectivity index (χ3v) is 3.85. The monoisotopic (exact) mass is 340 g/mol. The molecule has 2 aromatic rings. The van der Waals surface area contributed by atoms with Crippen molar-refractivity contribution in [2.45, 2.75) is 33.6 Å². The maximum Gasteiger partial charge on any atom is 0.266 e. The molecule has 1 amide bonds. The number of nitrogens with zero attached hydrogens (tertiary/aromatic N) is 2. The van der Waals surface area contributed by atoms with Crippen molar-refractivity contribution in [1.82, 2.24) is 9.97 Å². The van der Waals surface area contributed by atoms with Gasteiger partial charge >= 0.3 is 0 Å². The van der Waals surface area contributed by atoms with E-state index in [0.717, 1.165) is 5.56 Å². The predicted molar refractivity (Wildman–Crippen MR) is 93.6 cm³/mol. The third kappa shape index (κ3) is 4.23. The Kier molecular flexibility index (Phi) is 5.90. The third-order valence-electron chi connectivity index (χ3n) is 3.85. The van der Waals surface area contributed by atoms with E-state index in [1.807, 2.05) is 13.0 Å². The molecule has 7 heteroatoms. The molecule has 130 valence electrons. The molecule has 2 heterocycles. The Hall–Kier alpha value is -3.14. The number of H-pyrrole nitrogens is 1. The summed E-state index contributed by atoms with van der Waals surface area (Å²) in [5.41, 5.74) is 2.30. The zero-order valence-corrected chi connectivity index (χ0v) is 14.5. The molecule has 0 unspecified atom stereocenters. The van der Waals surface area contributed by atoms with Gasteiger partial charge in [-0.25, -0.2) is 4.98 Å². The van der Waals surface area contributed by atoms with Crippen molar-refractivity contribution >= 4 is 11.6 Å². The molecule has 7 nitrogen and oxygen atoms in total. The van der Waals surface area contributed by atoms with E-state index in [-0.39, 0.29) is 17.9 Å². The second-order valence-electron chi connectivity index (χ2n) is 5.51. The highest BCUT2D eigenvalue weighted by atomic mass is 16.5. The summed E-state index contributed by atoms with van der Waals surface area (Å²) in [5, 5.41) is 11.9. The van der Waals surface area contributed by atoms with Crippen molar-refractivity contribution in [2.75, 3.05) is 11.9 Å². The molecule has 0 radical (unpaired) electrons. The highest BCUT2D eigenvalue weighted by Gasteiger charge is 2.14. The van der Waals surface area contributed by atoms with Crippen LogP contribution in [-0.4, -0.2) is 22.5 Å². The van der Waals surface area contributed by atoms with E-state index in [4.69, 9.17) is 10.00 Å².